The summed E-state index contributed by atoms with van der Waals surface area (Å²) in [5, 5.41) is 9.16. The minimum atomic E-state index is -1.01. The molecule has 2 aromatic carbocycles. The van der Waals surface area contributed by atoms with E-state index in [4.69, 9.17) is 5.11 Å². The van der Waals surface area contributed by atoms with Crippen LogP contribution >= 0.6 is 0 Å². The molecule has 0 spiro atoms. The Balaban J connectivity index is 2.22. The molecule has 3 nitrogen and oxygen atoms in total. The van der Waals surface area contributed by atoms with Gasteiger partial charge in [-0.05, 0) is 22.6 Å². The van der Waals surface area contributed by atoms with Crippen molar-refractivity contribution in [2.45, 2.75) is 32.6 Å². The largest absolute Gasteiger partial charge is 0.478 e. The fourth-order valence-electron chi connectivity index (χ4n) is 2.31. The fourth-order valence-corrected chi connectivity index (χ4v) is 2.31. The first-order chi connectivity index (χ1) is 10.3. The van der Waals surface area contributed by atoms with Crippen molar-refractivity contribution in [3.05, 3.63) is 70.8 Å². The van der Waals surface area contributed by atoms with E-state index in [1.807, 2.05) is 24.3 Å². The van der Waals surface area contributed by atoms with Crippen molar-refractivity contribution in [3.63, 3.8) is 0 Å². The molecule has 3 heteroatoms. The Morgan fingerprint density at radius 2 is 1.55 bits per heavy atom. The molecule has 0 aliphatic carbocycles. The highest BCUT2D eigenvalue weighted by molar-refractivity contribution is 5.99. The van der Waals surface area contributed by atoms with Crippen molar-refractivity contribution in [2.24, 2.45) is 0 Å². The van der Waals surface area contributed by atoms with Gasteiger partial charge in [0.1, 0.15) is 0 Å². The van der Waals surface area contributed by atoms with Gasteiger partial charge in [0.15, 0.2) is 5.78 Å². The fraction of sp³-hybridized carbons (Fsp3) is 0.263. The molecule has 0 heterocycles. The lowest BCUT2D eigenvalue weighted by Gasteiger charge is -2.19. The van der Waals surface area contributed by atoms with Crippen molar-refractivity contribution < 1.29 is 14.7 Å². The average Bonchev–Trinajstić information content (AvgIpc) is 2.46. The number of carboxylic acid groups (broad SMARTS) is 1. The van der Waals surface area contributed by atoms with Crippen molar-refractivity contribution >= 4 is 11.8 Å². The van der Waals surface area contributed by atoms with Gasteiger partial charge in [0.2, 0.25) is 0 Å². The van der Waals surface area contributed by atoms with Gasteiger partial charge in [-0.25, -0.2) is 4.79 Å². The monoisotopic (exact) mass is 296 g/mol. The van der Waals surface area contributed by atoms with Crippen LogP contribution in [0.15, 0.2) is 48.5 Å². The van der Waals surface area contributed by atoms with Gasteiger partial charge in [0, 0.05) is 12.0 Å². The molecule has 0 aliphatic heterocycles. The molecule has 0 atom stereocenters. The Kier molecular flexibility index (Phi) is 4.45. The van der Waals surface area contributed by atoms with Crippen LogP contribution in [0.25, 0.3) is 0 Å². The second-order valence-corrected chi connectivity index (χ2v) is 6.39. The summed E-state index contributed by atoms with van der Waals surface area (Å²) in [4.78, 5) is 23.5. The molecule has 0 aromatic heterocycles. The summed E-state index contributed by atoms with van der Waals surface area (Å²) >= 11 is 0. The number of hydrogen-bond donors (Lipinski definition) is 1. The predicted molar refractivity (Wildman–Crippen MR) is 86.6 cm³/mol. The summed E-state index contributed by atoms with van der Waals surface area (Å²) in [5.74, 6) is -1.08. The first kappa shape index (κ1) is 16.0. The molecular formula is C19H20O3. The summed E-state index contributed by atoms with van der Waals surface area (Å²) in [5.41, 5.74) is 2.53. The van der Waals surface area contributed by atoms with E-state index in [1.165, 1.54) is 6.07 Å². The summed E-state index contributed by atoms with van der Waals surface area (Å²) in [6.45, 7) is 6.35. The number of hydrogen-bond acceptors (Lipinski definition) is 2. The van der Waals surface area contributed by atoms with Gasteiger partial charge in [-0.3, -0.25) is 4.79 Å². The van der Waals surface area contributed by atoms with E-state index >= 15 is 0 Å². The van der Waals surface area contributed by atoms with Gasteiger partial charge in [0.25, 0.3) is 0 Å². The Morgan fingerprint density at radius 1 is 0.955 bits per heavy atom. The summed E-state index contributed by atoms with van der Waals surface area (Å²) in [6.07, 6.45) is 0.0946. The van der Waals surface area contributed by atoms with E-state index in [0.717, 1.165) is 5.56 Å². The van der Waals surface area contributed by atoms with Crippen molar-refractivity contribution in [2.75, 3.05) is 0 Å². The molecule has 0 amide bonds. The summed E-state index contributed by atoms with van der Waals surface area (Å²) in [6, 6.07) is 14.1. The maximum absolute atomic E-state index is 12.4. The van der Waals surface area contributed by atoms with Crippen LogP contribution in [0.5, 0.6) is 0 Å². The topological polar surface area (TPSA) is 54.4 Å². The Labute approximate surface area is 130 Å². The molecule has 1 N–H and O–H groups in total. The van der Waals surface area contributed by atoms with Gasteiger partial charge in [-0.1, -0.05) is 63.2 Å². The van der Waals surface area contributed by atoms with E-state index in [0.29, 0.717) is 11.1 Å². The van der Waals surface area contributed by atoms with Crippen LogP contribution in [0.3, 0.4) is 0 Å². The average molecular weight is 296 g/mol. The van der Waals surface area contributed by atoms with Gasteiger partial charge >= 0.3 is 5.97 Å². The molecule has 0 saturated heterocycles. The lowest BCUT2D eigenvalue weighted by Crippen LogP contribution is -2.12. The number of Topliss-reactive ketones (excluding diaryl/α,β-unsaturated/α-hetero) is 1. The predicted octanol–water partition coefficient (Wildman–Crippen LogP) is 4.11. The van der Waals surface area contributed by atoms with Crippen LogP contribution in [-0.4, -0.2) is 16.9 Å². The number of carbonyl (C=O) groups excluding carboxylic acids is 1. The molecule has 0 bridgehead atoms. The molecule has 2 aromatic rings. The highest BCUT2D eigenvalue weighted by Gasteiger charge is 2.16. The highest BCUT2D eigenvalue weighted by Crippen LogP contribution is 2.22. The number of ketones is 1. The van der Waals surface area contributed by atoms with E-state index in [1.54, 1.807) is 18.2 Å². The molecule has 2 rings (SSSR count). The Hall–Kier alpha value is -2.42. The Bertz CT molecular complexity index is 691. The van der Waals surface area contributed by atoms with E-state index in [9.17, 15) is 9.59 Å². The van der Waals surface area contributed by atoms with Crippen LogP contribution < -0.4 is 0 Å². The molecular weight excluding hydrogens is 276 g/mol. The van der Waals surface area contributed by atoms with Crippen molar-refractivity contribution in [3.8, 4) is 0 Å². The quantitative estimate of drug-likeness (QED) is 0.864. The van der Waals surface area contributed by atoms with E-state index < -0.39 is 5.97 Å². The molecule has 114 valence electrons. The normalized spacial score (nSPS) is 11.2. The SMILES string of the molecule is CC(C)(C)c1ccc(C(=O)Cc2ccccc2C(=O)O)cc1. The van der Waals surface area contributed by atoms with Crippen LogP contribution in [0.4, 0.5) is 0 Å². The minimum absolute atomic E-state index is 0.0392. The van der Waals surface area contributed by atoms with Gasteiger partial charge in [0.05, 0.1) is 5.56 Å². The Morgan fingerprint density at radius 3 is 2.09 bits per heavy atom. The zero-order valence-corrected chi connectivity index (χ0v) is 13.1. The molecule has 22 heavy (non-hydrogen) atoms. The van der Waals surface area contributed by atoms with Crippen LogP contribution in [0.2, 0.25) is 0 Å². The molecule has 0 unspecified atom stereocenters. The molecule has 0 aliphatic rings. The lowest BCUT2D eigenvalue weighted by molar-refractivity contribution is 0.0696. The number of carboxylic acids is 1. The smallest absolute Gasteiger partial charge is 0.335 e. The first-order valence-corrected chi connectivity index (χ1v) is 7.24. The standard InChI is InChI=1S/C19H20O3/c1-19(2,3)15-10-8-13(9-11-15)17(20)12-14-6-4-5-7-16(14)18(21)22/h4-11H,12H2,1-3H3,(H,21,22). The second kappa shape index (κ2) is 6.14. The third kappa shape index (κ3) is 3.61. The van der Waals surface area contributed by atoms with Crippen molar-refractivity contribution in [1.29, 1.82) is 0 Å². The number of carbonyl (C=O) groups is 2. The van der Waals surface area contributed by atoms with Crippen LogP contribution in [0.1, 0.15) is 52.6 Å². The minimum Gasteiger partial charge on any atom is -0.478 e. The van der Waals surface area contributed by atoms with Gasteiger partial charge in [-0.2, -0.15) is 0 Å². The summed E-state index contributed by atoms with van der Waals surface area (Å²) in [7, 11) is 0. The molecule has 0 radical (unpaired) electrons. The van der Waals surface area contributed by atoms with Crippen LogP contribution in [-0.2, 0) is 11.8 Å². The van der Waals surface area contributed by atoms with Gasteiger partial charge in [-0.15, -0.1) is 0 Å². The number of aromatic carboxylic acids is 1. The molecule has 0 saturated carbocycles. The summed E-state index contributed by atoms with van der Waals surface area (Å²) < 4.78 is 0. The van der Waals surface area contributed by atoms with Gasteiger partial charge < -0.3 is 5.11 Å². The molecule has 0 fully saturated rings. The van der Waals surface area contributed by atoms with E-state index in [2.05, 4.69) is 20.8 Å². The van der Waals surface area contributed by atoms with Crippen molar-refractivity contribution in [1.82, 2.24) is 0 Å². The number of rotatable bonds is 4. The number of benzene rings is 2. The maximum Gasteiger partial charge on any atom is 0.335 e. The zero-order valence-electron chi connectivity index (χ0n) is 13.1. The lowest BCUT2D eigenvalue weighted by atomic mass is 9.86. The second-order valence-electron chi connectivity index (χ2n) is 6.39. The first-order valence-electron chi connectivity index (χ1n) is 7.24. The van der Waals surface area contributed by atoms with Crippen LogP contribution in [0, 0.1) is 0 Å². The third-order valence-corrected chi connectivity index (χ3v) is 3.67. The third-order valence-electron chi connectivity index (χ3n) is 3.67. The zero-order chi connectivity index (χ0) is 16.3. The van der Waals surface area contributed by atoms with E-state index in [-0.39, 0.29) is 23.2 Å². The highest BCUT2D eigenvalue weighted by atomic mass is 16.4. The maximum atomic E-state index is 12.4.